The molecule has 0 aliphatic heterocycles. The Labute approximate surface area is 122 Å². The third-order valence-electron chi connectivity index (χ3n) is 2.93. The van der Waals surface area contributed by atoms with E-state index in [4.69, 9.17) is 11.2 Å². The predicted molar refractivity (Wildman–Crippen MR) is 77.7 cm³/mol. The molecule has 0 saturated carbocycles. The first-order valence-electron chi connectivity index (χ1n) is 6.49. The molecule has 0 fully saturated rings. The zero-order chi connectivity index (χ0) is 15.1. The Kier molecular flexibility index (Phi) is 5.30. The molecule has 0 saturated heterocycles. The van der Waals surface area contributed by atoms with Crippen LogP contribution in [0.3, 0.4) is 0 Å². The van der Waals surface area contributed by atoms with Crippen LogP contribution in [0.4, 0.5) is 8.78 Å². The molecule has 21 heavy (non-hydrogen) atoms. The Bertz CT molecular complexity index is 649. The van der Waals surface area contributed by atoms with Crippen LogP contribution >= 0.6 is 0 Å². The minimum Gasteiger partial charge on any atom is -0.481 e. The molecule has 0 atom stereocenters. The Hall–Kier alpha value is -2.38. The molecule has 2 rings (SSSR count). The van der Waals surface area contributed by atoms with E-state index in [9.17, 15) is 8.78 Å². The molecule has 0 aliphatic rings. The lowest BCUT2D eigenvalue weighted by Crippen LogP contribution is -2.14. The number of hydrogen-bond acceptors (Lipinski definition) is 2. The molecule has 0 aliphatic carbocycles. The highest BCUT2D eigenvalue weighted by Gasteiger charge is 2.05. The number of benzene rings is 2. The smallest absolute Gasteiger partial charge is 0.148 e. The molecular weight excluding hydrogens is 272 g/mol. The fraction of sp³-hybridized carbons (Fsp3) is 0.176. The minimum atomic E-state index is -0.579. The Balaban J connectivity index is 1.96. The highest BCUT2D eigenvalue weighted by atomic mass is 19.1. The van der Waals surface area contributed by atoms with Gasteiger partial charge in [0.2, 0.25) is 0 Å². The number of nitrogens with one attached hydrogen (secondary N) is 1. The lowest BCUT2D eigenvalue weighted by Gasteiger charge is -2.11. The summed E-state index contributed by atoms with van der Waals surface area (Å²) >= 11 is 0. The quantitative estimate of drug-likeness (QED) is 0.823. The molecule has 0 bridgehead atoms. The van der Waals surface area contributed by atoms with E-state index in [1.807, 2.05) is 24.3 Å². The number of rotatable bonds is 6. The number of halogens is 2. The molecule has 1 N–H and O–H groups in total. The fourth-order valence-electron chi connectivity index (χ4n) is 1.91. The standard InChI is InChI=1S/C17H15F2NO/c1-2-9-21-17-6-4-3-5-14(17)12-20-11-13-7-8-15(18)10-16(13)19/h1,3-8,10,20H,9,11-12H2. The normalized spacial score (nSPS) is 10.1. The van der Waals surface area contributed by atoms with Crippen molar-refractivity contribution in [2.24, 2.45) is 0 Å². The second-order valence-corrected chi connectivity index (χ2v) is 4.44. The second-order valence-electron chi connectivity index (χ2n) is 4.44. The third kappa shape index (κ3) is 4.30. The van der Waals surface area contributed by atoms with E-state index >= 15 is 0 Å². The maximum atomic E-state index is 13.5. The van der Waals surface area contributed by atoms with Gasteiger partial charge in [-0.25, -0.2) is 8.78 Å². The number of para-hydroxylation sites is 1. The first-order valence-corrected chi connectivity index (χ1v) is 6.49. The van der Waals surface area contributed by atoms with Crippen LogP contribution in [0.15, 0.2) is 42.5 Å². The molecule has 108 valence electrons. The third-order valence-corrected chi connectivity index (χ3v) is 2.93. The summed E-state index contributed by atoms with van der Waals surface area (Å²) in [6, 6.07) is 11.0. The topological polar surface area (TPSA) is 21.3 Å². The van der Waals surface area contributed by atoms with Crippen LogP contribution in [-0.4, -0.2) is 6.61 Å². The minimum absolute atomic E-state index is 0.198. The first-order chi connectivity index (χ1) is 10.2. The largest absolute Gasteiger partial charge is 0.481 e. The van der Waals surface area contributed by atoms with Crippen molar-refractivity contribution in [3.63, 3.8) is 0 Å². The summed E-state index contributed by atoms with van der Waals surface area (Å²) in [5.74, 6) is 1.97. The van der Waals surface area contributed by atoms with Gasteiger partial charge in [-0.05, 0) is 12.1 Å². The summed E-state index contributed by atoms with van der Waals surface area (Å²) in [4.78, 5) is 0. The van der Waals surface area contributed by atoms with E-state index in [2.05, 4.69) is 11.2 Å². The fourth-order valence-corrected chi connectivity index (χ4v) is 1.91. The van der Waals surface area contributed by atoms with Crippen LogP contribution in [0.2, 0.25) is 0 Å². The average Bonchev–Trinajstić information content (AvgIpc) is 2.48. The highest BCUT2D eigenvalue weighted by Crippen LogP contribution is 2.18. The second kappa shape index (κ2) is 7.41. The van der Waals surface area contributed by atoms with Crippen molar-refractivity contribution >= 4 is 0 Å². The van der Waals surface area contributed by atoms with Gasteiger partial charge in [-0.15, -0.1) is 6.42 Å². The van der Waals surface area contributed by atoms with Gasteiger partial charge in [0.1, 0.15) is 24.0 Å². The van der Waals surface area contributed by atoms with Gasteiger partial charge in [-0.3, -0.25) is 0 Å². The predicted octanol–water partition coefficient (Wildman–Crippen LogP) is 3.27. The van der Waals surface area contributed by atoms with Crippen molar-refractivity contribution in [3.05, 3.63) is 65.2 Å². The Morgan fingerprint density at radius 2 is 1.81 bits per heavy atom. The van der Waals surface area contributed by atoms with E-state index in [0.29, 0.717) is 24.4 Å². The van der Waals surface area contributed by atoms with Gasteiger partial charge < -0.3 is 10.1 Å². The van der Waals surface area contributed by atoms with Crippen LogP contribution in [0.25, 0.3) is 0 Å². The summed E-state index contributed by atoms with van der Waals surface area (Å²) < 4.78 is 31.7. The van der Waals surface area contributed by atoms with Crippen molar-refractivity contribution < 1.29 is 13.5 Å². The van der Waals surface area contributed by atoms with Gasteiger partial charge in [0, 0.05) is 30.3 Å². The summed E-state index contributed by atoms with van der Waals surface area (Å²) in [7, 11) is 0. The molecule has 0 unspecified atom stereocenters. The molecule has 2 nitrogen and oxygen atoms in total. The van der Waals surface area contributed by atoms with E-state index in [1.165, 1.54) is 12.1 Å². The SMILES string of the molecule is C#CCOc1ccccc1CNCc1ccc(F)cc1F. The van der Waals surface area contributed by atoms with Crippen molar-refractivity contribution in [1.82, 2.24) is 5.32 Å². The lowest BCUT2D eigenvalue weighted by molar-refractivity contribution is 0.364. The average molecular weight is 287 g/mol. The van der Waals surface area contributed by atoms with E-state index in [-0.39, 0.29) is 6.61 Å². The summed E-state index contributed by atoms with van der Waals surface area (Å²) in [6.07, 6.45) is 5.17. The molecule has 0 aromatic heterocycles. The molecule has 2 aromatic rings. The summed E-state index contributed by atoms with van der Waals surface area (Å²) in [5, 5.41) is 3.10. The molecule has 4 heteroatoms. The molecule has 0 heterocycles. The van der Waals surface area contributed by atoms with Gasteiger partial charge in [0.05, 0.1) is 0 Å². The zero-order valence-electron chi connectivity index (χ0n) is 11.4. The van der Waals surface area contributed by atoms with Crippen molar-refractivity contribution in [1.29, 1.82) is 0 Å². The van der Waals surface area contributed by atoms with Crippen LogP contribution in [0.5, 0.6) is 5.75 Å². The highest BCUT2D eigenvalue weighted by molar-refractivity contribution is 5.33. The van der Waals surface area contributed by atoms with Crippen molar-refractivity contribution in [3.8, 4) is 18.1 Å². The van der Waals surface area contributed by atoms with Gasteiger partial charge in [0.15, 0.2) is 0 Å². The van der Waals surface area contributed by atoms with E-state index in [0.717, 1.165) is 11.6 Å². The lowest BCUT2D eigenvalue weighted by atomic mass is 10.1. The number of hydrogen-bond donors (Lipinski definition) is 1. The van der Waals surface area contributed by atoms with Crippen molar-refractivity contribution in [2.75, 3.05) is 6.61 Å². The van der Waals surface area contributed by atoms with Gasteiger partial charge >= 0.3 is 0 Å². The molecular formula is C17H15F2NO. The molecule has 0 radical (unpaired) electrons. The van der Waals surface area contributed by atoms with E-state index in [1.54, 1.807) is 0 Å². The maximum absolute atomic E-state index is 13.5. The molecule has 0 amide bonds. The van der Waals surface area contributed by atoms with Crippen LogP contribution < -0.4 is 10.1 Å². The summed E-state index contributed by atoms with van der Waals surface area (Å²) in [6.45, 7) is 0.997. The summed E-state index contributed by atoms with van der Waals surface area (Å²) in [5.41, 5.74) is 1.34. The monoisotopic (exact) mass is 287 g/mol. The number of terminal acetylenes is 1. The zero-order valence-corrected chi connectivity index (χ0v) is 11.4. The van der Waals surface area contributed by atoms with Crippen molar-refractivity contribution in [2.45, 2.75) is 13.1 Å². The van der Waals surface area contributed by atoms with Gasteiger partial charge in [-0.2, -0.15) is 0 Å². The maximum Gasteiger partial charge on any atom is 0.148 e. The van der Waals surface area contributed by atoms with E-state index < -0.39 is 11.6 Å². The Morgan fingerprint density at radius 3 is 2.57 bits per heavy atom. The molecule has 2 aromatic carbocycles. The van der Waals surface area contributed by atoms with Crippen LogP contribution in [0.1, 0.15) is 11.1 Å². The van der Waals surface area contributed by atoms with Crippen LogP contribution in [0, 0.1) is 24.0 Å². The Morgan fingerprint density at radius 1 is 1.05 bits per heavy atom. The van der Waals surface area contributed by atoms with Gasteiger partial charge in [0.25, 0.3) is 0 Å². The number of ether oxygens (including phenoxy) is 1. The molecule has 0 spiro atoms. The van der Waals surface area contributed by atoms with Gasteiger partial charge in [-0.1, -0.05) is 30.2 Å². The van der Waals surface area contributed by atoms with Crippen LogP contribution in [-0.2, 0) is 13.1 Å². The first kappa shape index (κ1) is 15.0.